The first-order valence-corrected chi connectivity index (χ1v) is 4.18. The van der Waals surface area contributed by atoms with E-state index in [0.29, 0.717) is 18.8 Å². The Labute approximate surface area is 81.1 Å². The van der Waals surface area contributed by atoms with Gasteiger partial charge in [-0.3, -0.25) is 4.79 Å². The van der Waals surface area contributed by atoms with Gasteiger partial charge in [0.05, 0.1) is 5.56 Å². The normalized spacial score (nSPS) is 9.86. The number of carbonyl (C=O) groups excluding carboxylic acids is 1. The molecule has 0 saturated carbocycles. The Kier molecular flexibility index (Phi) is 3.41. The highest BCUT2D eigenvalue weighted by atomic mass is 19.1. The van der Waals surface area contributed by atoms with Gasteiger partial charge in [0.25, 0.3) is 5.91 Å². The van der Waals surface area contributed by atoms with Crippen molar-refractivity contribution in [2.24, 2.45) is 11.5 Å². The third kappa shape index (κ3) is 2.43. The maximum Gasteiger partial charge on any atom is 0.250 e. The molecule has 0 aliphatic heterocycles. The molecule has 0 unspecified atom stereocenters. The Morgan fingerprint density at radius 2 is 2.21 bits per heavy atom. The molecule has 0 fully saturated rings. The number of rotatable bonds is 4. The highest BCUT2D eigenvalue weighted by Gasteiger charge is 2.08. The van der Waals surface area contributed by atoms with Crippen molar-refractivity contribution in [3.8, 4) is 0 Å². The Bertz CT molecular complexity index is 341. The molecule has 4 nitrogen and oxygen atoms in total. The second-order valence-corrected chi connectivity index (χ2v) is 2.77. The van der Waals surface area contributed by atoms with Crippen molar-refractivity contribution in [2.45, 2.75) is 0 Å². The molecule has 1 rings (SSSR count). The van der Waals surface area contributed by atoms with E-state index in [-0.39, 0.29) is 5.56 Å². The Morgan fingerprint density at radius 1 is 1.50 bits per heavy atom. The van der Waals surface area contributed by atoms with Gasteiger partial charge in [0.2, 0.25) is 0 Å². The number of halogens is 1. The van der Waals surface area contributed by atoms with Crippen LogP contribution in [0, 0.1) is 5.82 Å². The number of benzene rings is 1. The summed E-state index contributed by atoms with van der Waals surface area (Å²) in [4.78, 5) is 10.9. The third-order valence-corrected chi connectivity index (χ3v) is 1.71. The predicted molar refractivity (Wildman–Crippen MR) is 52.5 cm³/mol. The molecule has 0 aliphatic rings. The Morgan fingerprint density at radius 3 is 2.79 bits per heavy atom. The maximum absolute atomic E-state index is 12.8. The first kappa shape index (κ1) is 10.5. The van der Waals surface area contributed by atoms with Crippen molar-refractivity contribution in [1.29, 1.82) is 0 Å². The predicted octanol–water partition coefficient (Wildman–Crippen LogP) is 0.295. The number of carbonyl (C=O) groups is 1. The van der Waals surface area contributed by atoms with Crippen molar-refractivity contribution in [3.05, 3.63) is 29.6 Å². The van der Waals surface area contributed by atoms with E-state index < -0.39 is 11.7 Å². The van der Waals surface area contributed by atoms with Crippen LogP contribution in [0.1, 0.15) is 10.4 Å². The van der Waals surface area contributed by atoms with Crippen LogP contribution in [0.2, 0.25) is 0 Å². The molecule has 5 heteroatoms. The van der Waals surface area contributed by atoms with Crippen LogP contribution in [0.15, 0.2) is 18.2 Å². The molecule has 1 aromatic carbocycles. The van der Waals surface area contributed by atoms with Crippen LogP contribution in [-0.4, -0.2) is 19.0 Å². The molecule has 1 amide bonds. The van der Waals surface area contributed by atoms with Crippen molar-refractivity contribution in [3.63, 3.8) is 0 Å². The van der Waals surface area contributed by atoms with Crippen molar-refractivity contribution in [1.82, 2.24) is 0 Å². The number of nitrogens with two attached hydrogens (primary N) is 2. The second-order valence-electron chi connectivity index (χ2n) is 2.77. The molecule has 14 heavy (non-hydrogen) atoms. The largest absolute Gasteiger partial charge is 0.383 e. The zero-order valence-electron chi connectivity index (χ0n) is 7.59. The standard InChI is InChI=1S/C9H12FN3O/c10-6-1-2-8(13-4-3-11)7(5-6)9(12)14/h1-2,5,13H,3-4,11H2,(H2,12,14). The van der Waals surface area contributed by atoms with Crippen LogP contribution in [0.5, 0.6) is 0 Å². The summed E-state index contributed by atoms with van der Waals surface area (Å²) in [6.45, 7) is 0.932. The van der Waals surface area contributed by atoms with Gasteiger partial charge < -0.3 is 16.8 Å². The van der Waals surface area contributed by atoms with Gasteiger partial charge >= 0.3 is 0 Å². The third-order valence-electron chi connectivity index (χ3n) is 1.71. The van der Waals surface area contributed by atoms with Gasteiger partial charge in [0, 0.05) is 18.8 Å². The van der Waals surface area contributed by atoms with Gasteiger partial charge in [-0.1, -0.05) is 0 Å². The van der Waals surface area contributed by atoms with Gasteiger partial charge in [-0.2, -0.15) is 0 Å². The van der Waals surface area contributed by atoms with Gasteiger partial charge in [0.1, 0.15) is 5.82 Å². The van der Waals surface area contributed by atoms with Crippen molar-refractivity contribution < 1.29 is 9.18 Å². The smallest absolute Gasteiger partial charge is 0.250 e. The quantitative estimate of drug-likeness (QED) is 0.649. The van der Waals surface area contributed by atoms with Gasteiger partial charge in [0.15, 0.2) is 0 Å². The van der Waals surface area contributed by atoms with Crippen LogP contribution in [0.3, 0.4) is 0 Å². The van der Waals surface area contributed by atoms with Crippen LogP contribution in [0.4, 0.5) is 10.1 Å². The zero-order valence-corrected chi connectivity index (χ0v) is 7.59. The van der Waals surface area contributed by atoms with E-state index in [9.17, 15) is 9.18 Å². The molecule has 0 aromatic heterocycles. The Balaban J connectivity index is 2.96. The summed E-state index contributed by atoms with van der Waals surface area (Å²) in [5, 5.41) is 2.88. The lowest BCUT2D eigenvalue weighted by atomic mass is 10.1. The fraction of sp³-hybridized carbons (Fsp3) is 0.222. The average molecular weight is 197 g/mol. The fourth-order valence-corrected chi connectivity index (χ4v) is 1.08. The van der Waals surface area contributed by atoms with E-state index in [1.54, 1.807) is 0 Å². The first-order chi connectivity index (χ1) is 6.65. The molecule has 76 valence electrons. The number of primary amides is 1. The average Bonchev–Trinajstić information content (AvgIpc) is 2.15. The second kappa shape index (κ2) is 4.57. The minimum atomic E-state index is -0.663. The monoisotopic (exact) mass is 197 g/mol. The molecular formula is C9H12FN3O. The lowest BCUT2D eigenvalue weighted by Crippen LogP contribution is -2.18. The lowest BCUT2D eigenvalue weighted by Gasteiger charge is -2.08. The number of amides is 1. The maximum atomic E-state index is 12.8. The highest BCUT2D eigenvalue weighted by molar-refractivity contribution is 5.98. The van der Waals surface area contributed by atoms with E-state index in [0.717, 1.165) is 6.07 Å². The summed E-state index contributed by atoms with van der Waals surface area (Å²) < 4.78 is 12.8. The molecule has 0 heterocycles. The van der Waals surface area contributed by atoms with Crippen LogP contribution in [-0.2, 0) is 0 Å². The molecule has 1 aromatic rings. The molecule has 0 saturated heterocycles. The van der Waals surface area contributed by atoms with Crippen LogP contribution in [0.25, 0.3) is 0 Å². The number of hydrogen-bond acceptors (Lipinski definition) is 3. The SMILES string of the molecule is NCCNc1ccc(F)cc1C(N)=O. The minimum Gasteiger partial charge on any atom is -0.383 e. The molecule has 0 bridgehead atoms. The highest BCUT2D eigenvalue weighted by Crippen LogP contribution is 2.15. The lowest BCUT2D eigenvalue weighted by molar-refractivity contribution is 0.100. The summed E-state index contributed by atoms with van der Waals surface area (Å²) in [6.07, 6.45) is 0. The minimum absolute atomic E-state index is 0.137. The summed E-state index contributed by atoms with van der Waals surface area (Å²) in [6, 6.07) is 3.82. The van der Waals surface area contributed by atoms with Crippen LogP contribution < -0.4 is 16.8 Å². The summed E-state index contributed by atoms with van der Waals surface area (Å²) in [5.74, 6) is -1.15. The summed E-state index contributed by atoms with van der Waals surface area (Å²) >= 11 is 0. The van der Waals surface area contributed by atoms with Crippen molar-refractivity contribution in [2.75, 3.05) is 18.4 Å². The van der Waals surface area contributed by atoms with E-state index in [1.807, 2.05) is 0 Å². The first-order valence-electron chi connectivity index (χ1n) is 4.18. The van der Waals surface area contributed by atoms with E-state index in [2.05, 4.69) is 5.32 Å². The molecule has 0 radical (unpaired) electrons. The van der Waals surface area contributed by atoms with Gasteiger partial charge in [-0.15, -0.1) is 0 Å². The number of nitrogens with one attached hydrogen (secondary N) is 1. The van der Waals surface area contributed by atoms with Crippen LogP contribution >= 0.6 is 0 Å². The van der Waals surface area contributed by atoms with E-state index in [1.165, 1.54) is 12.1 Å². The van der Waals surface area contributed by atoms with Gasteiger partial charge in [-0.05, 0) is 18.2 Å². The molecule has 0 spiro atoms. The Hall–Kier alpha value is -1.62. The number of hydrogen-bond donors (Lipinski definition) is 3. The topological polar surface area (TPSA) is 81.1 Å². The molecule has 5 N–H and O–H groups in total. The van der Waals surface area contributed by atoms with E-state index >= 15 is 0 Å². The molecule has 0 atom stereocenters. The van der Waals surface area contributed by atoms with Gasteiger partial charge in [-0.25, -0.2) is 4.39 Å². The van der Waals surface area contributed by atoms with Crippen molar-refractivity contribution >= 4 is 11.6 Å². The fourth-order valence-electron chi connectivity index (χ4n) is 1.08. The summed E-state index contributed by atoms with van der Waals surface area (Å²) in [5.41, 5.74) is 11.0. The molecular weight excluding hydrogens is 185 g/mol. The molecule has 0 aliphatic carbocycles. The van der Waals surface area contributed by atoms with E-state index in [4.69, 9.17) is 11.5 Å². The zero-order chi connectivity index (χ0) is 10.6. The number of anilines is 1. The summed E-state index contributed by atoms with van der Waals surface area (Å²) in [7, 11) is 0.